The molecule has 2 rings (SSSR count). The van der Waals surface area contributed by atoms with Crippen molar-refractivity contribution in [2.75, 3.05) is 26.2 Å². The fourth-order valence-electron chi connectivity index (χ4n) is 2.35. The van der Waals surface area contributed by atoms with E-state index in [9.17, 15) is 14.4 Å². The van der Waals surface area contributed by atoms with Gasteiger partial charge in [-0.25, -0.2) is 0 Å². The van der Waals surface area contributed by atoms with Gasteiger partial charge in [-0.3, -0.25) is 14.4 Å². The van der Waals surface area contributed by atoms with Crippen LogP contribution in [0.3, 0.4) is 0 Å². The maximum Gasteiger partial charge on any atom is 0.325 e. The van der Waals surface area contributed by atoms with E-state index >= 15 is 0 Å². The summed E-state index contributed by atoms with van der Waals surface area (Å²) >= 11 is 1.29. The van der Waals surface area contributed by atoms with Crippen LogP contribution in [0.15, 0.2) is 17.5 Å². The van der Waals surface area contributed by atoms with Crippen LogP contribution in [0.25, 0.3) is 0 Å². The van der Waals surface area contributed by atoms with Crippen molar-refractivity contribution in [3.8, 4) is 0 Å². The molecule has 0 radical (unpaired) electrons. The minimum atomic E-state index is -0.608. The molecule has 0 unspecified atom stereocenters. The second-order valence-electron chi connectivity index (χ2n) is 5.41. The third-order valence-corrected chi connectivity index (χ3v) is 4.37. The zero-order valence-corrected chi connectivity index (χ0v) is 13.4. The third kappa shape index (κ3) is 4.84. The number of rotatable bonds is 5. The Hall–Kier alpha value is -1.89. The van der Waals surface area contributed by atoms with Crippen LogP contribution in [-0.4, -0.2) is 48.9 Å². The summed E-state index contributed by atoms with van der Waals surface area (Å²) in [4.78, 5) is 37.4. The number of nitrogens with one attached hydrogen (secondary N) is 1. The first kappa shape index (κ1) is 16.5. The Morgan fingerprint density at radius 3 is 2.95 bits per heavy atom. The highest BCUT2D eigenvalue weighted by atomic mass is 32.1. The second kappa shape index (κ2) is 7.93. The van der Waals surface area contributed by atoms with Crippen LogP contribution in [0.5, 0.6) is 0 Å². The van der Waals surface area contributed by atoms with Crippen molar-refractivity contribution >= 4 is 29.1 Å². The fourth-order valence-corrected chi connectivity index (χ4v) is 2.99. The van der Waals surface area contributed by atoms with Gasteiger partial charge in [-0.1, -0.05) is 13.0 Å². The summed E-state index contributed by atoms with van der Waals surface area (Å²) in [5, 5.41) is 4.25. The molecule has 1 fully saturated rings. The van der Waals surface area contributed by atoms with Gasteiger partial charge in [-0.2, -0.15) is 0 Å². The lowest BCUT2D eigenvalue weighted by Crippen LogP contribution is -2.42. The molecule has 6 nitrogen and oxygen atoms in total. The molecule has 0 saturated carbocycles. The lowest BCUT2D eigenvalue weighted by atomic mass is 10.0. The van der Waals surface area contributed by atoms with E-state index in [0.717, 1.165) is 19.4 Å². The second-order valence-corrected chi connectivity index (χ2v) is 6.36. The third-order valence-electron chi connectivity index (χ3n) is 3.50. The molecule has 1 aliphatic rings. The van der Waals surface area contributed by atoms with E-state index in [1.807, 2.05) is 0 Å². The summed E-state index contributed by atoms with van der Waals surface area (Å²) in [5.74, 6) is -0.616. The fraction of sp³-hybridized carbons (Fsp3) is 0.533. The number of nitrogens with zero attached hydrogens (tertiary/aromatic N) is 1. The molecule has 1 N–H and O–H groups in total. The molecule has 1 aliphatic heterocycles. The number of piperidine rings is 1. The monoisotopic (exact) mass is 324 g/mol. The average Bonchev–Trinajstić information content (AvgIpc) is 3.04. The SMILES string of the molecule is C[C@@H]1CCCN(C(=O)COC(=O)CNC(=O)c2cccs2)C1. The largest absolute Gasteiger partial charge is 0.454 e. The highest BCUT2D eigenvalue weighted by Crippen LogP contribution is 2.15. The predicted molar refractivity (Wildman–Crippen MR) is 82.6 cm³/mol. The van der Waals surface area contributed by atoms with Crippen molar-refractivity contribution < 1.29 is 19.1 Å². The van der Waals surface area contributed by atoms with Crippen molar-refractivity contribution in [1.29, 1.82) is 0 Å². The van der Waals surface area contributed by atoms with E-state index in [0.29, 0.717) is 17.3 Å². The summed E-state index contributed by atoms with van der Waals surface area (Å²) in [6.45, 7) is 3.04. The van der Waals surface area contributed by atoms with Gasteiger partial charge in [0.25, 0.3) is 11.8 Å². The van der Waals surface area contributed by atoms with Gasteiger partial charge in [0.15, 0.2) is 6.61 Å². The maximum absolute atomic E-state index is 11.9. The van der Waals surface area contributed by atoms with Crippen LogP contribution in [0.2, 0.25) is 0 Å². The van der Waals surface area contributed by atoms with Crippen LogP contribution >= 0.6 is 11.3 Å². The number of amides is 2. The molecular weight excluding hydrogens is 304 g/mol. The molecule has 1 aromatic rings. The molecular formula is C15H20N2O4S. The number of carbonyl (C=O) groups is 3. The molecule has 0 aromatic carbocycles. The summed E-state index contributed by atoms with van der Waals surface area (Å²) in [7, 11) is 0. The average molecular weight is 324 g/mol. The number of thiophene rings is 1. The zero-order chi connectivity index (χ0) is 15.9. The van der Waals surface area contributed by atoms with Gasteiger partial charge in [0.1, 0.15) is 6.54 Å². The molecule has 0 aliphatic carbocycles. The van der Waals surface area contributed by atoms with Crippen LogP contribution in [0.1, 0.15) is 29.4 Å². The van der Waals surface area contributed by atoms with Crippen LogP contribution in [0, 0.1) is 5.92 Å². The zero-order valence-electron chi connectivity index (χ0n) is 12.5. The van der Waals surface area contributed by atoms with Crippen molar-refractivity contribution in [3.63, 3.8) is 0 Å². The molecule has 2 amide bonds. The lowest BCUT2D eigenvalue weighted by molar-refractivity contribution is -0.151. The number of likely N-dealkylation sites (tertiary alicyclic amines) is 1. The first-order valence-corrected chi connectivity index (χ1v) is 8.19. The molecule has 0 spiro atoms. The Balaban J connectivity index is 1.67. The highest BCUT2D eigenvalue weighted by molar-refractivity contribution is 7.12. The van der Waals surface area contributed by atoms with Crippen molar-refractivity contribution in [3.05, 3.63) is 22.4 Å². The van der Waals surface area contributed by atoms with E-state index in [4.69, 9.17) is 4.74 Å². The molecule has 1 saturated heterocycles. The smallest absolute Gasteiger partial charge is 0.325 e. The Kier molecular flexibility index (Phi) is 5.94. The molecule has 120 valence electrons. The topological polar surface area (TPSA) is 75.7 Å². The standard InChI is InChI=1S/C15H20N2O4S/c1-11-4-2-6-17(9-11)13(18)10-21-14(19)8-16-15(20)12-5-3-7-22-12/h3,5,7,11H,2,4,6,8-10H2,1H3,(H,16,20)/t11-/m1/s1. The Morgan fingerprint density at radius 1 is 1.45 bits per heavy atom. The minimum absolute atomic E-state index is 0.176. The van der Waals surface area contributed by atoms with Crippen LogP contribution in [0.4, 0.5) is 0 Å². The Bertz CT molecular complexity index is 530. The first-order chi connectivity index (χ1) is 10.6. The van der Waals surface area contributed by atoms with Gasteiger partial charge < -0.3 is 15.0 Å². The normalized spacial score (nSPS) is 17.9. The van der Waals surface area contributed by atoms with Gasteiger partial charge in [-0.05, 0) is 30.2 Å². The van der Waals surface area contributed by atoms with Crippen molar-refractivity contribution in [2.45, 2.75) is 19.8 Å². The van der Waals surface area contributed by atoms with Crippen molar-refractivity contribution in [1.82, 2.24) is 10.2 Å². The first-order valence-electron chi connectivity index (χ1n) is 7.31. The van der Waals surface area contributed by atoms with E-state index < -0.39 is 5.97 Å². The van der Waals surface area contributed by atoms with Gasteiger partial charge in [0.05, 0.1) is 4.88 Å². The Labute approximate surface area is 133 Å². The molecule has 1 aromatic heterocycles. The summed E-state index contributed by atoms with van der Waals surface area (Å²) < 4.78 is 4.92. The summed E-state index contributed by atoms with van der Waals surface area (Å²) in [6, 6.07) is 3.43. The Morgan fingerprint density at radius 2 is 2.27 bits per heavy atom. The van der Waals surface area contributed by atoms with Gasteiger partial charge in [0.2, 0.25) is 0 Å². The van der Waals surface area contributed by atoms with E-state index in [1.54, 1.807) is 22.4 Å². The molecule has 1 atom stereocenters. The van der Waals surface area contributed by atoms with Gasteiger partial charge >= 0.3 is 5.97 Å². The number of esters is 1. The quantitative estimate of drug-likeness (QED) is 0.828. The minimum Gasteiger partial charge on any atom is -0.454 e. The highest BCUT2D eigenvalue weighted by Gasteiger charge is 2.21. The summed E-state index contributed by atoms with van der Waals surface area (Å²) in [6.07, 6.45) is 2.11. The van der Waals surface area contributed by atoms with E-state index in [2.05, 4.69) is 12.2 Å². The number of carbonyl (C=O) groups excluding carboxylic acids is 3. The molecule has 7 heteroatoms. The van der Waals surface area contributed by atoms with E-state index in [1.165, 1.54) is 11.3 Å². The number of hydrogen-bond acceptors (Lipinski definition) is 5. The molecule has 22 heavy (non-hydrogen) atoms. The van der Waals surface area contributed by atoms with Crippen LogP contribution in [-0.2, 0) is 14.3 Å². The number of ether oxygens (including phenoxy) is 1. The maximum atomic E-state index is 11.9. The van der Waals surface area contributed by atoms with E-state index in [-0.39, 0.29) is 25.0 Å². The van der Waals surface area contributed by atoms with Crippen molar-refractivity contribution in [2.24, 2.45) is 5.92 Å². The van der Waals surface area contributed by atoms with Gasteiger partial charge in [0, 0.05) is 13.1 Å². The molecule has 2 heterocycles. The molecule has 0 bridgehead atoms. The van der Waals surface area contributed by atoms with Gasteiger partial charge in [-0.15, -0.1) is 11.3 Å². The summed E-state index contributed by atoms with van der Waals surface area (Å²) in [5.41, 5.74) is 0. The predicted octanol–water partition coefficient (Wildman–Crippen LogP) is 1.28. The van der Waals surface area contributed by atoms with Crippen LogP contribution < -0.4 is 5.32 Å². The number of hydrogen-bond donors (Lipinski definition) is 1. The lowest BCUT2D eigenvalue weighted by Gasteiger charge is -2.30.